The molecule has 134 valence electrons. The molecular formula is C18H42N4. The summed E-state index contributed by atoms with van der Waals surface area (Å²) in [6.45, 7) is 17.1. The Bertz CT molecular complexity index is 223. The van der Waals surface area contributed by atoms with Gasteiger partial charge in [0.2, 0.25) is 0 Å². The average Bonchev–Trinajstić information content (AvgIpc) is 2.45. The molecule has 0 unspecified atom stereocenters. The van der Waals surface area contributed by atoms with E-state index in [0.29, 0.717) is 35.9 Å². The molecule has 0 amide bonds. The van der Waals surface area contributed by atoms with Crippen molar-refractivity contribution in [3.05, 3.63) is 0 Å². The van der Waals surface area contributed by atoms with Crippen LogP contribution in [0.4, 0.5) is 0 Å². The van der Waals surface area contributed by atoms with Crippen LogP contribution in [0.3, 0.4) is 0 Å². The summed E-state index contributed by atoms with van der Waals surface area (Å²) in [6.07, 6.45) is 0. The molecule has 3 atom stereocenters. The molecular weight excluding hydrogens is 272 g/mol. The second-order valence-electron chi connectivity index (χ2n) is 7.64. The van der Waals surface area contributed by atoms with E-state index in [-0.39, 0.29) is 0 Å². The summed E-state index contributed by atoms with van der Waals surface area (Å²) in [5.74, 6) is 1.94. The molecule has 0 radical (unpaired) electrons. The fourth-order valence-electron chi connectivity index (χ4n) is 2.96. The van der Waals surface area contributed by atoms with Gasteiger partial charge in [0.25, 0.3) is 0 Å². The van der Waals surface area contributed by atoms with E-state index in [0.717, 1.165) is 19.6 Å². The zero-order valence-electron chi connectivity index (χ0n) is 16.5. The number of hydrogen-bond donors (Lipinski definition) is 3. The van der Waals surface area contributed by atoms with Gasteiger partial charge in [-0.25, -0.2) is 0 Å². The van der Waals surface area contributed by atoms with Gasteiger partial charge in [-0.05, 0) is 38.9 Å². The fraction of sp³-hybridized carbons (Fsp3) is 1.00. The maximum absolute atomic E-state index is 3.49. The van der Waals surface area contributed by atoms with Gasteiger partial charge < -0.3 is 16.0 Å². The van der Waals surface area contributed by atoms with Crippen molar-refractivity contribution in [1.82, 2.24) is 20.9 Å². The summed E-state index contributed by atoms with van der Waals surface area (Å²) in [7, 11) is 6.25. The van der Waals surface area contributed by atoms with Crippen LogP contribution in [0.15, 0.2) is 0 Å². The lowest BCUT2D eigenvalue weighted by molar-refractivity contribution is 0.163. The van der Waals surface area contributed by atoms with Crippen molar-refractivity contribution in [3.63, 3.8) is 0 Å². The Morgan fingerprint density at radius 1 is 0.545 bits per heavy atom. The summed E-state index contributed by atoms with van der Waals surface area (Å²) in [6, 6.07) is 1.61. The summed E-state index contributed by atoms with van der Waals surface area (Å²) in [5.41, 5.74) is 0. The van der Waals surface area contributed by atoms with Crippen LogP contribution in [-0.4, -0.2) is 63.8 Å². The number of rotatable bonds is 12. The second kappa shape index (κ2) is 11.4. The van der Waals surface area contributed by atoms with Gasteiger partial charge in [0.1, 0.15) is 0 Å². The predicted octanol–water partition coefficient (Wildman–Crippen LogP) is 2.02. The minimum absolute atomic E-state index is 0.536. The van der Waals surface area contributed by atoms with Crippen molar-refractivity contribution < 1.29 is 0 Å². The van der Waals surface area contributed by atoms with Crippen molar-refractivity contribution in [3.8, 4) is 0 Å². The summed E-state index contributed by atoms with van der Waals surface area (Å²) in [5, 5.41) is 10.5. The number of hydrogen-bond acceptors (Lipinski definition) is 4. The van der Waals surface area contributed by atoms with Crippen molar-refractivity contribution >= 4 is 0 Å². The quantitative estimate of drug-likeness (QED) is 0.515. The van der Waals surface area contributed by atoms with Crippen LogP contribution in [0.1, 0.15) is 41.5 Å². The molecule has 22 heavy (non-hydrogen) atoms. The molecule has 0 aromatic heterocycles. The highest BCUT2D eigenvalue weighted by molar-refractivity contribution is 4.82. The van der Waals surface area contributed by atoms with Gasteiger partial charge >= 0.3 is 0 Å². The first-order valence-corrected chi connectivity index (χ1v) is 9.00. The highest BCUT2D eigenvalue weighted by atomic mass is 15.2. The molecule has 0 saturated carbocycles. The third-order valence-corrected chi connectivity index (χ3v) is 4.89. The third-order valence-electron chi connectivity index (χ3n) is 4.89. The molecule has 4 heteroatoms. The van der Waals surface area contributed by atoms with Gasteiger partial charge in [-0.15, -0.1) is 0 Å². The Hall–Kier alpha value is -0.160. The Morgan fingerprint density at radius 3 is 0.909 bits per heavy atom. The van der Waals surface area contributed by atoms with Crippen molar-refractivity contribution in [2.45, 2.75) is 59.7 Å². The maximum atomic E-state index is 3.49. The lowest BCUT2D eigenvalue weighted by Crippen LogP contribution is -2.53. The molecule has 0 fully saturated rings. The SMILES string of the molecule is CN[C@H](CN(C[C@@H](NC)C(C)C)C[C@@H](NC)C(C)C)C(C)C. The Labute approximate surface area is 139 Å². The van der Waals surface area contributed by atoms with Gasteiger partial charge in [0.15, 0.2) is 0 Å². The van der Waals surface area contributed by atoms with Gasteiger partial charge in [0.05, 0.1) is 0 Å². The third kappa shape index (κ3) is 7.91. The second-order valence-corrected chi connectivity index (χ2v) is 7.64. The number of nitrogens with one attached hydrogen (secondary N) is 3. The van der Waals surface area contributed by atoms with Gasteiger partial charge in [0, 0.05) is 37.8 Å². The minimum atomic E-state index is 0.536. The lowest BCUT2D eigenvalue weighted by Gasteiger charge is -2.36. The van der Waals surface area contributed by atoms with E-state index in [1.54, 1.807) is 0 Å². The molecule has 0 spiro atoms. The minimum Gasteiger partial charge on any atom is -0.315 e. The molecule has 0 bridgehead atoms. The topological polar surface area (TPSA) is 39.3 Å². The maximum Gasteiger partial charge on any atom is 0.0214 e. The van der Waals surface area contributed by atoms with E-state index in [9.17, 15) is 0 Å². The molecule has 0 aliphatic carbocycles. The predicted molar refractivity (Wildman–Crippen MR) is 99.5 cm³/mol. The highest BCUT2D eigenvalue weighted by Crippen LogP contribution is 2.11. The fourth-order valence-corrected chi connectivity index (χ4v) is 2.96. The molecule has 3 N–H and O–H groups in total. The van der Waals surface area contributed by atoms with Crippen molar-refractivity contribution in [2.75, 3.05) is 40.8 Å². The molecule has 4 nitrogen and oxygen atoms in total. The van der Waals surface area contributed by atoms with Gasteiger partial charge in [-0.3, -0.25) is 4.90 Å². The van der Waals surface area contributed by atoms with Crippen LogP contribution < -0.4 is 16.0 Å². The van der Waals surface area contributed by atoms with Crippen LogP contribution in [0.5, 0.6) is 0 Å². The molecule has 0 aliphatic heterocycles. The van der Waals surface area contributed by atoms with Crippen LogP contribution in [-0.2, 0) is 0 Å². The Balaban J connectivity index is 4.95. The summed E-state index contributed by atoms with van der Waals surface area (Å²) < 4.78 is 0. The molecule has 0 aromatic rings. The Morgan fingerprint density at radius 2 is 0.773 bits per heavy atom. The van der Waals surface area contributed by atoms with E-state index in [2.05, 4.69) is 83.5 Å². The van der Waals surface area contributed by atoms with E-state index in [1.165, 1.54) is 0 Å². The lowest BCUT2D eigenvalue weighted by atomic mass is 9.99. The van der Waals surface area contributed by atoms with E-state index >= 15 is 0 Å². The molecule has 0 saturated heterocycles. The van der Waals surface area contributed by atoms with E-state index in [1.807, 2.05) is 0 Å². The van der Waals surface area contributed by atoms with Gasteiger partial charge in [-0.2, -0.15) is 0 Å². The van der Waals surface area contributed by atoms with Crippen molar-refractivity contribution in [2.24, 2.45) is 17.8 Å². The smallest absolute Gasteiger partial charge is 0.0214 e. The average molecular weight is 315 g/mol. The largest absolute Gasteiger partial charge is 0.315 e. The molecule has 0 heterocycles. The molecule has 0 aliphatic rings. The number of likely N-dealkylation sites (N-methyl/N-ethyl adjacent to an activating group) is 3. The monoisotopic (exact) mass is 314 g/mol. The van der Waals surface area contributed by atoms with Gasteiger partial charge in [-0.1, -0.05) is 41.5 Å². The zero-order chi connectivity index (χ0) is 17.3. The first-order chi connectivity index (χ1) is 10.3. The highest BCUT2D eigenvalue weighted by Gasteiger charge is 2.23. The Kier molecular flexibility index (Phi) is 11.3. The standard InChI is InChI=1S/C18H42N4/c1-13(2)16(19-7)10-22(11-17(20-8)14(3)4)12-18(21-9)15(5)6/h13-21H,10-12H2,1-9H3/t16-,17-,18-/m1/s1. The van der Waals surface area contributed by atoms with Crippen molar-refractivity contribution in [1.29, 1.82) is 0 Å². The van der Waals surface area contributed by atoms with Crippen LogP contribution in [0, 0.1) is 17.8 Å². The summed E-state index contributed by atoms with van der Waals surface area (Å²) >= 11 is 0. The first-order valence-electron chi connectivity index (χ1n) is 9.00. The first kappa shape index (κ1) is 21.8. The van der Waals surface area contributed by atoms with Crippen LogP contribution >= 0.6 is 0 Å². The van der Waals surface area contributed by atoms with E-state index in [4.69, 9.17) is 0 Å². The van der Waals surface area contributed by atoms with E-state index < -0.39 is 0 Å². The summed E-state index contributed by atoms with van der Waals surface area (Å²) in [4.78, 5) is 2.63. The normalized spacial score (nSPS) is 16.8. The molecule has 0 rings (SSSR count). The zero-order valence-corrected chi connectivity index (χ0v) is 16.5. The van der Waals surface area contributed by atoms with Crippen LogP contribution in [0.25, 0.3) is 0 Å². The molecule has 0 aromatic carbocycles. The number of nitrogens with zero attached hydrogens (tertiary/aromatic N) is 1. The van der Waals surface area contributed by atoms with Crippen LogP contribution in [0.2, 0.25) is 0 Å².